The van der Waals surface area contributed by atoms with Crippen molar-refractivity contribution in [3.63, 3.8) is 0 Å². The van der Waals surface area contributed by atoms with Gasteiger partial charge in [-0.05, 0) is 68.7 Å². The van der Waals surface area contributed by atoms with E-state index in [2.05, 4.69) is 26.9 Å². The van der Waals surface area contributed by atoms with Crippen molar-refractivity contribution in [2.45, 2.75) is 45.4 Å². The number of thiocarbonyl (C=S) groups is 1. The minimum Gasteiger partial charge on any atom is -0.361 e. The van der Waals surface area contributed by atoms with Crippen LogP contribution in [0.1, 0.15) is 43.4 Å². The summed E-state index contributed by atoms with van der Waals surface area (Å²) in [6.07, 6.45) is 4.96. The number of aromatic amines is 1. The standard InChI is InChI=1S/C24H31N5O2S2/c1-5-11-29(12-6-2)33(30,31)20-8-10-23-21(14-20)19(15-25-23)16-26-28-24(32)27-22-9-7-17(3)13-18(22)4/h7-10,13-16,25H,5-6,11-12H2,1-4H3,(H2,27,28,32)/b26-16+. The summed E-state index contributed by atoms with van der Waals surface area (Å²) in [4.78, 5) is 3.44. The lowest BCUT2D eigenvalue weighted by atomic mass is 10.1. The maximum Gasteiger partial charge on any atom is 0.243 e. The van der Waals surface area contributed by atoms with Crippen LogP contribution in [0.4, 0.5) is 5.69 Å². The molecular formula is C24H31N5O2S2. The van der Waals surface area contributed by atoms with E-state index in [1.165, 1.54) is 5.56 Å². The summed E-state index contributed by atoms with van der Waals surface area (Å²) in [7, 11) is -3.56. The highest BCUT2D eigenvalue weighted by atomic mass is 32.2. The number of nitrogens with zero attached hydrogens (tertiary/aromatic N) is 2. The number of aromatic nitrogens is 1. The Morgan fingerprint density at radius 3 is 2.52 bits per heavy atom. The second-order valence-corrected chi connectivity index (χ2v) is 10.3. The number of H-pyrrole nitrogens is 1. The number of benzene rings is 2. The van der Waals surface area contributed by atoms with Crippen LogP contribution in [-0.4, -0.2) is 42.1 Å². The van der Waals surface area contributed by atoms with Crippen molar-refractivity contribution in [3.05, 3.63) is 59.3 Å². The first-order chi connectivity index (χ1) is 15.8. The van der Waals surface area contributed by atoms with Gasteiger partial charge in [0.15, 0.2) is 5.11 Å². The van der Waals surface area contributed by atoms with E-state index in [4.69, 9.17) is 12.2 Å². The van der Waals surface area contributed by atoms with Crippen molar-refractivity contribution in [1.29, 1.82) is 0 Å². The molecule has 3 aromatic rings. The molecule has 1 heterocycles. The first-order valence-corrected chi connectivity index (χ1v) is 12.9. The average molecular weight is 486 g/mol. The van der Waals surface area contributed by atoms with Gasteiger partial charge in [0.05, 0.1) is 11.1 Å². The van der Waals surface area contributed by atoms with Gasteiger partial charge in [0.1, 0.15) is 0 Å². The second kappa shape index (κ2) is 10.9. The third-order valence-corrected chi connectivity index (χ3v) is 7.36. The minimum atomic E-state index is -3.56. The summed E-state index contributed by atoms with van der Waals surface area (Å²) in [6.45, 7) is 9.03. The van der Waals surface area contributed by atoms with Crippen LogP contribution in [0.25, 0.3) is 10.9 Å². The van der Waals surface area contributed by atoms with E-state index in [0.717, 1.165) is 40.6 Å². The van der Waals surface area contributed by atoms with Gasteiger partial charge in [-0.2, -0.15) is 9.41 Å². The van der Waals surface area contributed by atoms with E-state index in [1.54, 1.807) is 34.9 Å². The van der Waals surface area contributed by atoms with Gasteiger partial charge < -0.3 is 10.3 Å². The SMILES string of the molecule is CCCN(CCC)S(=O)(=O)c1ccc2[nH]cc(/C=N/NC(=S)Nc3ccc(C)cc3C)c2c1. The molecule has 1 aromatic heterocycles. The van der Waals surface area contributed by atoms with E-state index in [0.29, 0.717) is 18.2 Å². The van der Waals surface area contributed by atoms with Gasteiger partial charge in [0, 0.05) is 41.4 Å². The number of nitrogens with one attached hydrogen (secondary N) is 3. The van der Waals surface area contributed by atoms with Gasteiger partial charge in [-0.3, -0.25) is 5.43 Å². The van der Waals surface area contributed by atoms with Crippen LogP contribution in [0.2, 0.25) is 0 Å². The Morgan fingerprint density at radius 2 is 1.85 bits per heavy atom. The average Bonchev–Trinajstić information content (AvgIpc) is 3.18. The molecular weight excluding hydrogens is 454 g/mol. The molecule has 0 amide bonds. The fraction of sp³-hybridized carbons (Fsp3) is 0.333. The van der Waals surface area contributed by atoms with Crippen LogP contribution in [0.15, 0.2) is 52.6 Å². The van der Waals surface area contributed by atoms with E-state index in [-0.39, 0.29) is 4.90 Å². The summed E-state index contributed by atoms with van der Waals surface area (Å²) >= 11 is 5.34. The Bertz CT molecular complexity index is 1260. The zero-order valence-electron chi connectivity index (χ0n) is 19.5. The number of rotatable bonds is 9. The lowest BCUT2D eigenvalue weighted by Gasteiger charge is -2.21. The molecule has 0 aliphatic rings. The normalized spacial score (nSPS) is 12.0. The predicted molar refractivity (Wildman–Crippen MR) is 141 cm³/mol. The molecule has 0 bridgehead atoms. The zero-order valence-corrected chi connectivity index (χ0v) is 21.1. The van der Waals surface area contributed by atoms with E-state index in [9.17, 15) is 8.42 Å². The maximum atomic E-state index is 13.2. The molecule has 33 heavy (non-hydrogen) atoms. The third kappa shape index (κ3) is 5.98. The van der Waals surface area contributed by atoms with Gasteiger partial charge in [0.2, 0.25) is 10.0 Å². The molecule has 3 rings (SSSR count). The molecule has 176 valence electrons. The molecule has 0 unspecified atom stereocenters. The number of fused-ring (bicyclic) bond motifs is 1. The lowest BCUT2D eigenvalue weighted by Crippen LogP contribution is -2.32. The van der Waals surface area contributed by atoms with Crippen molar-refractivity contribution >= 4 is 50.2 Å². The van der Waals surface area contributed by atoms with Gasteiger partial charge in [-0.1, -0.05) is 31.5 Å². The van der Waals surface area contributed by atoms with E-state index in [1.807, 2.05) is 39.8 Å². The van der Waals surface area contributed by atoms with Crippen LogP contribution < -0.4 is 10.7 Å². The summed E-state index contributed by atoms with van der Waals surface area (Å²) < 4.78 is 27.9. The quantitative estimate of drug-likeness (QED) is 0.227. The predicted octanol–water partition coefficient (Wildman–Crippen LogP) is 4.92. The maximum absolute atomic E-state index is 13.2. The molecule has 0 saturated heterocycles. The van der Waals surface area contributed by atoms with Crippen LogP contribution in [0, 0.1) is 13.8 Å². The molecule has 0 spiro atoms. The molecule has 0 radical (unpaired) electrons. The van der Waals surface area contributed by atoms with Crippen molar-refractivity contribution in [2.24, 2.45) is 5.10 Å². The Hall–Kier alpha value is -2.75. The van der Waals surface area contributed by atoms with Crippen LogP contribution in [-0.2, 0) is 10.0 Å². The largest absolute Gasteiger partial charge is 0.361 e. The molecule has 2 aromatic carbocycles. The summed E-state index contributed by atoms with van der Waals surface area (Å²) in [5.41, 5.74) is 7.61. The smallest absolute Gasteiger partial charge is 0.243 e. The first kappa shape index (κ1) is 24.9. The van der Waals surface area contributed by atoms with Crippen LogP contribution in [0.3, 0.4) is 0 Å². The molecule has 9 heteroatoms. The summed E-state index contributed by atoms with van der Waals surface area (Å²) in [5.74, 6) is 0. The van der Waals surface area contributed by atoms with Gasteiger partial charge in [-0.15, -0.1) is 0 Å². The van der Waals surface area contributed by atoms with Gasteiger partial charge >= 0.3 is 0 Å². The topological polar surface area (TPSA) is 89.6 Å². The van der Waals surface area contributed by atoms with Gasteiger partial charge in [0.25, 0.3) is 0 Å². The van der Waals surface area contributed by atoms with Crippen LogP contribution >= 0.6 is 12.2 Å². The number of aryl methyl sites for hydroxylation is 2. The molecule has 3 N–H and O–H groups in total. The fourth-order valence-corrected chi connectivity index (χ4v) is 5.47. The first-order valence-electron chi connectivity index (χ1n) is 11.0. The molecule has 0 fully saturated rings. The second-order valence-electron chi connectivity index (χ2n) is 8.00. The Balaban J connectivity index is 1.77. The highest BCUT2D eigenvalue weighted by molar-refractivity contribution is 7.89. The van der Waals surface area contributed by atoms with Crippen molar-refractivity contribution in [2.75, 3.05) is 18.4 Å². The highest BCUT2D eigenvalue weighted by Gasteiger charge is 2.23. The molecule has 0 aliphatic carbocycles. The zero-order chi connectivity index (χ0) is 24.0. The van der Waals surface area contributed by atoms with Crippen LogP contribution in [0.5, 0.6) is 0 Å². The molecule has 0 saturated carbocycles. The Morgan fingerprint density at radius 1 is 1.12 bits per heavy atom. The fourth-order valence-electron chi connectivity index (χ4n) is 3.65. The summed E-state index contributed by atoms with van der Waals surface area (Å²) in [5, 5.41) is 8.52. The minimum absolute atomic E-state index is 0.283. The molecule has 7 nitrogen and oxygen atoms in total. The number of hydrogen-bond donors (Lipinski definition) is 3. The van der Waals surface area contributed by atoms with Crippen molar-refractivity contribution < 1.29 is 8.42 Å². The van der Waals surface area contributed by atoms with Crippen molar-refractivity contribution in [3.8, 4) is 0 Å². The van der Waals surface area contributed by atoms with Gasteiger partial charge in [-0.25, -0.2) is 8.42 Å². The monoisotopic (exact) mass is 485 g/mol. The van der Waals surface area contributed by atoms with E-state index < -0.39 is 10.0 Å². The number of sulfonamides is 1. The summed E-state index contributed by atoms with van der Waals surface area (Å²) in [6, 6.07) is 11.2. The Kier molecular flexibility index (Phi) is 8.23. The Labute approximate surface area is 201 Å². The number of hydrazone groups is 1. The third-order valence-electron chi connectivity index (χ3n) is 5.27. The highest BCUT2D eigenvalue weighted by Crippen LogP contribution is 2.24. The molecule has 0 aliphatic heterocycles. The van der Waals surface area contributed by atoms with Crippen molar-refractivity contribution in [1.82, 2.24) is 14.7 Å². The lowest BCUT2D eigenvalue weighted by molar-refractivity contribution is 0.410. The molecule has 0 atom stereocenters. The number of hydrogen-bond acceptors (Lipinski definition) is 4. The van der Waals surface area contributed by atoms with E-state index >= 15 is 0 Å². The number of anilines is 1.